The highest BCUT2D eigenvalue weighted by Crippen LogP contribution is 2.28. The van der Waals surface area contributed by atoms with Gasteiger partial charge in [0, 0.05) is 37.2 Å². The van der Waals surface area contributed by atoms with Gasteiger partial charge in [-0.1, -0.05) is 12.1 Å². The number of fused-ring (bicyclic) bond motifs is 1. The second-order valence-corrected chi connectivity index (χ2v) is 7.37. The zero-order valence-corrected chi connectivity index (χ0v) is 18.0. The smallest absolute Gasteiger partial charge is 0.272 e. The van der Waals surface area contributed by atoms with Gasteiger partial charge in [-0.25, -0.2) is 14.5 Å². The van der Waals surface area contributed by atoms with Crippen LogP contribution in [0, 0.1) is 0 Å². The highest BCUT2D eigenvalue weighted by atomic mass is 16.2. The molecule has 0 spiro atoms. The van der Waals surface area contributed by atoms with Crippen LogP contribution in [0.15, 0.2) is 55.0 Å². The van der Waals surface area contributed by atoms with Gasteiger partial charge in [0.2, 0.25) is 0 Å². The van der Waals surface area contributed by atoms with Gasteiger partial charge in [-0.05, 0) is 50.6 Å². The molecule has 0 aliphatic carbocycles. The summed E-state index contributed by atoms with van der Waals surface area (Å²) in [6, 6.07) is 11.0. The Kier molecular flexibility index (Phi) is 6.37. The van der Waals surface area contributed by atoms with E-state index in [1.165, 1.54) is 0 Å². The van der Waals surface area contributed by atoms with Crippen LogP contribution < -0.4 is 11.5 Å². The third kappa shape index (κ3) is 4.28. The van der Waals surface area contributed by atoms with Gasteiger partial charge in [-0.2, -0.15) is 0 Å². The fourth-order valence-corrected chi connectivity index (χ4v) is 3.57. The van der Waals surface area contributed by atoms with E-state index in [0.717, 1.165) is 18.4 Å². The lowest BCUT2D eigenvalue weighted by Crippen LogP contribution is -2.32. The number of pyridine rings is 2. The van der Waals surface area contributed by atoms with Gasteiger partial charge in [-0.3, -0.25) is 9.78 Å². The van der Waals surface area contributed by atoms with Crippen LogP contribution >= 0.6 is 0 Å². The Hall–Kier alpha value is -3.85. The van der Waals surface area contributed by atoms with Crippen LogP contribution in [0.3, 0.4) is 0 Å². The molecule has 0 aromatic carbocycles. The molecular weight excluding hydrogens is 404 g/mol. The molecule has 4 N–H and O–H groups in total. The zero-order valence-electron chi connectivity index (χ0n) is 18.0. The Morgan fingerprint density at radius 3 is 2.69 bits per heavy atom. The summed E-state index contributed by atoms with van der Waals surface area (Å²) in [5.74, 6) is 0.252. The van der Waals surface area contributed by atoms with Crippen molar-refractivity contribution in [2.24, 2.45) is 5.73 Å². The maximum Gasteiger partial charge on any atom is 0.272 e. The van der Waals surface area contributed by atoms with Crippen LogP contribution in [0.5, 0.6) is 0 Å². The molecule has 0 aliphatic heterocycles. The molecule has 0 aliphatic rings. The first-order valence-corrected chi connectivity index (χ1v) is 10.6. The summed E-state index contributed by atoms with van der Waals surface area (Å²) in [6.07, 6.45) is 6.97. The number of anilines is 1. The molecule has 9 nitrogen and oxygen atoms in total. The zero-order chi connectivity index (χ0) is 22.5. The van der Waals surface area contributed by atoms with Gasteiger partial charge < -0.3 is 16.4 Å². The average molecular weight is 431 g/mol. The standard InChI is InChI=1S/C23H26N8O/c1-2-30(13-6-4-11-24)23(32)19-10-7-9-17(28-19)16-14-27-22-20(18-8-3-5-12-26-18)21(25)29-31(22)15-16/h3,5,7-10,12,14-15H,2,4,6,11,13,24H2,1H3,(H2,25,29). The van der Waals surface area contributed by atoms with Crippen LogP contribution in [0.1, 0.15) is 30.3 Å². The van der Waals surface area contributed by atoms with Crippen molar-refractivity contribution < 1.29 is 4.79 Å². The lowest BCUT2D eigenvalue weighted by Gasteiger charge is -2.20. The first kappa shape index (κ1) is 21.4. The maximum absolute atomic E-state index is 12.9. The molecule has 0 fully saturated rings. The molecular formula is C23H26N8O. The topological polar surface area (TPSA) is 128 Å². The Balaban J connectivity index is 1.64. The minimum atomic E-state index is -0.0961. The summed E-state index contributed by atoms with van der Waals surface area (Å²) in [7, 11) is 0. The highest BCUT2D eigenvalue weighted by Gasteiger charge is 2.18. The molecule has 1 amide bonds. The van der Waals surface area contributed by atoms with Crippen molar-refractivity contribution in [2.45, 2.75) is 19.8 Å². The van der Waals surface area contributed by atoms with Crippen LogP contribution in [0.2, 0.25) is 0 Å². The Morgan fingerprint density at radius 2 is 1.94 bits per heavy atom. The van der Waals surface area contributed by atoms with E-state index in [4.69, 9.17) is 11.5 Å². The number of nitrogens with zero attached hydrogens (tertiary/aromatic N) is 6. The summed E-state index contributed by atoms with van der Waals surface area (Å²) in [5, 5.41) is 4.40. The quantitative estimate of drug-likeness (QED) is 0.411. The van der Waals surface area contributed by atoms with Crippen molar-refractivity contribution in [2.75, 3.05) is 25.4 Å². The first-order chi connectivity index (χ1) is 15.6. The van der Waals surface area contributed by atoms with Crippen molar-refractivity contribution in [1.29, 1.82) is 0 Å². The molecule has 32 heavy (non-hydrogen) atoms. The average Bonchev–Trinajstić information content (AvgIpc) is 3.17. The predicted molar refractivity (Wildman–Crippen MR) is 124 cm³/mol. The normalized spacial score (nSPS) is 11.1. The number of unbranched alkanes of at least 4 members (excludes halogenated alkanes) is 1. The molecule has 4 heterocycles. The summed E-state index contributed by atoms with van der Waals surface area (Å²) >= 11 is 0. The van der Waals surface area contributed by atoms with Crippen molar-refractivity contribution in [3.05, 3.63) is 60.7 Å². The Labute approximate surface area is 186 Å². The third-order valence-corrected chi connectivity index (χ3v) is 5.24. The van der Waals surface area contributed by atoms with E-state index in [0.29, 0.717) is 53.7 Å². The third-order valence-electron chi connectivity index (χ3n) is 5.24. The lowest BCUT2D eigenvalue weighted by atomic mass is 10.2. The molecule has 164 valence electrons. The number of hydrogen-bond acceptors (Lipinski definition) is 7. The summed E-state index contributed by atoms with van der Waals surface area (Å²) in [4.78, 5) is 28.3. The number of aromatic nitrogens is 5. The molecule has 4 aromatic heterocycles. The number of rotatable bonds is 8. The summed E-state index contributed by atoms with van der Waals surface area (Å²) in [5.41, 5.74) is 15.5. The molecule has 0 saturated carbocycles. The van der Waals surface area contributed by atoms with Crippen molar-refractivity contribution in [3.8, 4) is 22.5 Å². The first-order valence-electron chi connectivity index (χ1n) is 10.6. The van der Waals surface area contributed by atoms with Gasteiger partial charge >= 0.3 is 0 Å². The van der Waals surface area contributed by atoms with Gasteiger partial charge in [0.05, 0.1) is 17.0 Å². The van der Waals surface area contributed by atoms with Gasteiger partial charge in [0.15, 0.2) is 11.5 Å². The second-order valence-electron chi connectivity index (χ2n) is 7.37. The van der Waals surface area contributed by atoms with E-state index >= 15 is 0 Å². The van der Waals surface area contributed by atoms with E-state index in [-0.39, 0.29) is 5.91 Å². The number of carbonyl (C=O) groups excluding carboxylic acids is 1. The fraction of sp³-hybridized carbons (Fsp3) is 0.261. The molecule has 0 radical (unpaired) electrons. The maximum atomic E-state index is 12.9. The van der Waals surface area contributed by atoms with E-state index in [9.17, 15) is 4.79 Å². The van der Waals surface area contributed by atoms with Gasteiger partial charge in [0.25, 0.3) is 5.91 Å². The van der Waals surface area contributed by atoms with Crippen molar-refractivity contribution >= 4 is 17.4 Å². The van der Waals surface area contributed by atoms with Crippen LogP contribution in [0.25, 0.3) is 28.2 Å². The largest absolute Gasteiger partial charge is 0.382 e. The van der Waals surface area contributed by atoms with Gasteiger partial charge in [-0.15, -0.1) is 5.10 Å². The van der Waals surface area contributed by atoms with Crippen LogP contribution in [-0.2, 0) is 0 Å². The fourth-order valence-electron chi connectivity index (χ4n) is 3.57. The highest BCUT2D eigenvalue weighted by molar-refractivity contribution is 5.93. The second kappa shape index (κ2) is 9.52. The lowest BCUT2D eigenvalue weighted by molar-refractivity contribution is 0.0756. The molecule has 0 saturated heterocycles. The Bertz CT molecular complexity index is 1220. The molecule has 4 rings (SSSR count). The summed E-state index contributed by atoms with van der Waals surface area (Å²) < 4.78 is 1.62. The number of hydrogen-bond donors (Lipinski definition) is 2. The predicted octanol–water partition coefficient (Wildman–Crippen LogP) is 2.64. The molecule has 9 heteroatoms. The SMILES string of the molecule is CCN(CCCCN)C(=O)c1cccc(-c2cnc3c(-c4ccccn4)c(N)nn3c2)n1. The molecule has 4 aromatic rings. The number of nitrogen functional groups attached to an aromatic ring is 1. The minimum Gasteiger partial charge on any atom is -0.382 e. The molecule has 0 unspecified atom stereocenters. The summed E-state index contributed by atoms with van der Waals surface area (Å²) in [6.45, 7) is 3.86. The van der Waals surface area contributed by atoms with Crippen LogP contribution in [0.4, 0.5) is 5.82 Å². The van der Waals surface area contributed by atoms with E-state index in [1.54, 1.807) is 34.1 Å². The van der Waals surface area contributed by atoms with Gasteiger partial charge in [0.1, 0.15) is 5.69 Å². The van der Waals surface area contributed by atoms with E-state index < -0.39 is 0 Å². The van der Waals surface area contributed by atoms with E-state index in [2.05, 4.69) is 20.1 Å². The monoisotopic (exact) mass is 430 g/mol. The van der Waals surface area contributed by atoms with E-state index in [1.807, 2.05) is 37.3 Å². The number of nitrogens with two attached hydrogens (primary N) is 2. The Morgan fingerprint density at radius 1 is 1.09 bits per heavy atom. The number of amides is 1. The van der Waals surface area contributed by atoms with Crippen LogP contribution in [-0.4, -0.2) is 55.0 Å². The number of carbonyl (C=O) groups is 1. The van der Waals surface area contributed by atoms with Crippen molar-refractivity contribution in [1.82, 2.24) is 29.5 Å². The van der Waals surface area contributed by atoms with Crippen molar-refractivity contribution in [3.63, 3.8) is 0 Å². The molecule has 0 atom stereocenters. The minimum absolute atomic E-state index is 0.0961. The molecule has 0 bridgehead atoms.